The summed E-state index contributed by atoms with van der Waals surface area (Å²) in [5.74, 6) is -0.465. The summed E-state index contributed by atoms with van der Waals surface area (Å²) in [6, 6.07) is 21.4. The normalized spacial score (nSPS) is 17.7. The van der Waals surface area contributed by atoms with Crippen LogP contribution in [0, 0.1) is 13.8 Å². The Balaban J connectivity index is 1.55. The molecule has 0 saturated carbocycles. The van der Waals surface area contributed by atoms with E-state index in [9.17, 15) is 14.4 Å². The number of ether oxygens (including phenoxy) is 1. The van der Waals surface area contributed by atoms with Gasteiger partial charge in [-0.1, -0.05) is 66.6 Å². The standard InChI is InChI=1S/C30H33N3O4/c1-5-21(4)31-29(35)26-27(37-30(36)33(26)18-22-11-9-19(2)10-12-22)23-13-15-25(16-14-23)32-28(34)24-8-6-7-20(3)17-24/h6-17,21,26-27H,5,18H2,1-4H3,(H,31,35)(H,32,34)/t21-,26+,27+/m0/s1. The smallest absolute Gasteiger partial charge is 0.411 e. The van der Waals surface area contributed by atoms with E-state index in [0.717, 1.165) is 23.1 Å². The van der Waals surface area contributed by atoms with Gasteiger partial charge in [0.1, 0.15) is 0 Å². The maximum atomic E-state index is 13.4. The molecule has 4 rings (SSSR count). The first kappa shape index (κ1) is 25.9. The van der Waals surface area contributed by atoms with E-state index in [4.69, 9.17) is 4.74 Å². The summed E-state index contributed by atoms with van der Waals surface area (Å²) in [6.07, 6.45) is -0.541. The fraction of sp³-hybridized carbons (Fsp3) is 0.300. The Morgan fingerprint density at radius 1 is 0.973 bits per heavy atom. The predicted molar refractivity (Wildman–Crippen MR) is 143 cm³/mol. The molecule has 2 N–H and O–H groups in total. The van der Waals surface area contributed by atoms with Crippen molar-refractivity contribution in [2.45, 2.75) is 58.8 Å². The van der Waals surface area contributed by atoms with Crippen LogP contribution in [0.1, 0.15) is 59.0 Å². The molecule has 1 fully saturated rings. The van der Waals surface area contributed by atoms with Crippen LogP contribution in [-0.4, -0.2) is 34.9 Å². The molecule has 1 aliphatic heterocycles. The molecule has 0 aromatic heterocycles. The molecule has 0 aliphatic carbocycles. The summed E-state index contributed by atoms with van der Waals surface area (Å²) < 4.78 is 5.75. The zero-order valence-corrected chi connectivity index (χ0v) is 21.7. The molecule has 3 aromatic rings. The zero-order chi connectivity index (χ0) is 26.5. The van der Waals surface area contributed by atoms with Gasteiger partial charge in [-0.3, -0.25) is 14.5 Å². The average Bonchev–Trinajstić information content (AvgIpc) is 3.21. The second-order valence-electron chi connectivity index (χ2n) is 9.63. The number of hydrogen-bond donors (Lipinski definition) is 2. The van der Waals surface area contributed by atoms with Crippen molar-refractivity contribution in [3.05, 3.63) is 101 Å². The third-order valence-corrected chi connectivity index (χ3v) is 6.61. The molecular formula is C30H33N3O4. The van der Waals surface area contributed by atoms with Gasteiger partial charge < -0.3 is 15.4 Å². The van der Waals surface area contributed by atoms with E-state index >= 15 is 0 Å². The Morgan fingerprint density at radius 2 is 1.68 bits per heavy atom. The van der Waals surface area contributed by atoms with Crippen molar-refractivity contribution in [2.24, 2.45) is 0 Å². The average molecular weight is 500 g/mol. The predicted octanol–water partition coefficient (Wildman–Crippen LogP) is 5.53. The highest BCUT2D eigenvalue weighted by Crippen LogP contribution is 2.34. The topological polar surface area (TPSA) is 87.7 Å². The van der Waals surface area contributed by atoms with Gasteiger partial charge in [-0.2, -0.15) is 0 Å². The Bertz CT molecular complexity index is 1270. The molecule has 7 nitrogen and oxygen atoms in total. The number of benzene rings is 3. The molecule has 37 heavy (non-hydrogen) atoms. The fourth-order valence-electron chi connectivity index (χ4n) is 4.28. The number of hydrogen-bond acceptors (Lipinski definition) is 4. The lowest BCUT2D eigenvalue weighted by atomic mass is 9.99. The summed E-state index contributed by atoms with van der Waals surface area (Å²) in [5, 5.41) is 5.90. The van der Waals surface area contributed by atoms with E-state index in [1.807, 2.05) is 70.2 Å². The van der Waals surface area contributed by atoms with Crippen LogP contribution in [0.25, 0.3) is 0 Å². The van der Waals surface area contributed by atoms with Gasteiger partial charge in [0.2, 0.25) is 5.91 Å². The quantitative estimate of drug-likeness (QED) is 0.426. The van der Waals surface area contributed by atoms with E-state index in [1.165, 1.54) is 4.90 Å². The number of rotatable bonds is 8. The van der Waals surface area contributed by atoms with Gasteiger partial charge in [0.15, 0.2) is 12.1 Å². The minimum Gasteiger partial charge on any atom is -0.438 e. The van der Waals surface area contributed by atoms with Crippen LogP contribution in [0.15, 0.2) is 72.8 Å². The number of anilines is 1. The summed E-state index contributed by atoms with van der Waals surface area (Å²) >= 11 is 0. The van der Waals surface area contributed by atoms with Crippen molar-refractivity contribution in [1.82, 2.24) is 10.2 Å². The van der Waals surface area contributed by atoms with E-state index < -0.39 is 18.2 Å². The van der Waals surface area contributed by atoms with Crippen LogP contribution in [0.2, 0.25) is 0 Å². The third kappa shape index (κ3) is 6.17. The number of cyclic esters (lactones) is 1. The third-order valence-electron chi connectivity index (χ3n) is 6.61. The molecule has 3 atom stereocenters. The van der Waals surface area contributed by atoms with Crippen LogP contribution in [0.5, 0.6) is 0 Å². The fourth-order valence-corrected chi connectivity index (χ4v) is 4.28. The minimum absolute atomic E-state index is 0.0377. The largest absolute Gasteiger partial charge is 0.438 e. The highest BCUT2D eigenvalue weighted by atomic mass is 16.6. The Hall–Kier alpha value is -4.13. The molecule has 0 unspecified atom stereocenters. The number of carbonyl (C=O) groups excluding carboxylic acids is 3. The SMILES string of the molecule is CC[C@H](C)NC(=O)[C@H]1[C@@H](c2ccc(NC(=O)c3cccc(C)c3)cc2)OC(=O)N1Cc1ccc(C)cc1. The van der Waals surface area contributed by atoms with Crippen molar-refractivity contribution in [1.29, 1.82) is 0 Å². The van der Waals surface area contributed by atoms with Crippen molar-refractivity contribution in [3.8, 4) is 0 Å². The molecule has 192 valence electrons. The number of amides is 3. The molecule has 1 aliphatic rings. The van der Waals surface area contributed by atoms with Crippen LogP contribution in [0.3, 0.4) is 0 Å². The first-order valence-corrected chi connectivity index (χ1v) is 12.6. The number of carbonyl (C=O) groups is 3. The van der Waals surface area contributed by atoms with Crippen molar-refractivity contribution >= 4 is 23.6 Å². The van der Waals surface area contributed by atoms with Gasteiger partial charge in [-0.25, -0.2) is 4.79 Å². The zero-order valence-electron chi connectivity index (χ0n) is 21.7. The number of nitrogens with zero attached hydrogens (tertiary/aromatic N) is 1. The molecule has 7 heteroatoms. The maximum absolute atomic E-state index is 13.4. The highest BCUT2D eigenvalue weighted by Gasteiger charge is 2.47. The molecule has 3 amide bonds. The number of nitrogens with one attached hydrogen (secondary N) is 2. The number of aryl methyl sites for hydroxylation is 2. The second kappa shape index (κ2) is 11.3. The Kier molecular flexibility index (Phi) is 7.92. The van der Waals surface area contributed by atoms with Crippen LogP contribution in [-0.2, 0) is 16.1 Å². The molecule has 3 aromatic carbocycles. The van der Waals surface area contributed by atoms with E-state index in [-0.39, 0.29) is 24.4 Å². The Labute approximate surface area is 217 Å². The lowest BCUT2D eigenvalue weighted by Gasteiger charge is -2.25. The van der Waals surface area contributed by atoms with Crippen LogP contribution in [0.4, 0.5) is 10.5 Å². The van der Waals surface area contributed by atoms with Crippen molar-refractivity contribution < 1.29 is 19.1 Å². The van der Waals surface area contributed by atoms with Gasteiger partial charge in [-0.15, -0.1) is 0 Å². The highest BCUT2D eigenvalue weighted by molar-refractivity contribution is 6.04. The maximum Gasteiger partial charge on any atom is 0.411 e. The molecule has 1 saturated heterocycles. The Morgan fingerprint density at radius 3 is 2.32 bits per heavy atom. The molecular weight excluding hydrogens is 466 g/mol. The van der Waals surface area contributed by atoms with Gasteiger partial charge >= 0.3 is 6.09 Å². The van der Waals surface area contributed by atoms with Gasteiger partial charge in [-0.05, 0) is 62.6 Å². The van der Waals surface area contributed by atoms with E-state index in [0.29, 0.717) is 16.8 Å². The van der Waals surface area contributed by atoms with E-state index in [1.54, 1.807) is 30.3 Å². The van der Waals surface area contributed by atoms with Crippen molar-refractivity contribution in [3.63, 3.8) is 0 Å². The summed E-state index contributed by atoms with van der Waals surface area (Å²) in [4.78, 5) is 40.4. The molecule has 1 heterocycles. The van der Waals surface area contributed by atoms with Crippen LogP contribution < -0.4 is 10.6 Å². The summed E-state index contributed by atoms with van der Waals surface area (Å²) in [5.41, 5.74) is 4.89. The molecule has 0 spiro atoms. The lowest BCUT2D eigenvalue weighted by Crippen LogP contribution is -2.48. The first-order valence-electron chi connectivity index (χ1n) is 12.6. The van der Waals surface area contributed by atoms with Gasteiger partial charge in [0.05, 0.1) is 6.54 Å². The summed E-state index contributed by atoms with van der Waals surface area (Å²) in [7, 11) is 0. The summed E-state index contributed by atoms with van der Waals surface area (Å²) in [6.45, 7) is 8.12. The lowest BCUT2D eigenvalue weighted by molar-refractivity contribution is -0.127. The van der Waals surface area contributed by atoms with Crippen LogP contribution >= 0.6 is 0 Å². The monoisotopic (exact) mass is 499 g/mol. The van der Waals surface area contributed by atoms with Gasteiger partial charge in [0.25, 0.3) is 5.91 Å². The minimum atomic E-state index is -0.824. The molecule has 0 radical (unpaired) electrons. The van der Waals surface area contributed by atoms with E-state index in [2.05, 4.69) is 10.6 Å². The van der Waals surface area contributed by atoms with Crippen molar-refractivity contribution in [2.75, 3.05) is 5.32 Å². The van der Waals surface area contributed by atoms with Gasteiger partial charge in [0, 0.05) is 17.3 Å². The first-order chi connectivity index (χ1) is 17.7. The second-order valence-corrected chi connectivity index (χ2v) is 9.63. The molecule has 0 bridgehead atoms.